The number of rotatable bonds is 5. The normalized spacial score (nSPS) is 20.9. The summed E-state index contributed by atoms with van der Waals surface area (Å²) in [5.74, 6) is 0.358. The van der Waals surface area contributed by atoms with Crippen molar-refractivity contribution in [2.24, 2.45) is 0 Å². The van der Waals surface area contributed by atoms with Crippen LogP contribution in [0.3, 0.4) is 0 Å². The molecule has 178 valence electrons. The number of nitrogens with one attached hydrogen (secondary N) is 1. The third-order valence-electron chi connectivity index (χ3n) is 7.34. The minimum Gasteiger partial charge on any atom is -0.497 e. The summed E-state index contributed by atoms with van der Waals surface area (Å²) in [5, 5.41) is 2.85. The SMILES string of the molecule is COc1ccc(N2C(=O)CN(C(=O)CC3C(=O)Nc4cc(OC)ccc43)CC23CCCC3)cc1. The van der Waals surface area contributed by atoms with Gasteiger partial charge in [0, 0.05) is 30.4 Å². The fourth-order valence-corrected chi connectivity index (χ4v) is 5.66. The molecule has 1 spiro atoms. The molecule has 1 saturated carbocycles. The standard InChI is InChI=1S/C26H29N3O5/c1-33-18-7-5-17(6-8-18)29-24(31)15-28(16-26(29)11-3-4-12-26)23(30)14-21-20-10-9-19(34-2)13-22(20)27-25(21)32/h5-10,13,21H,3-4,11-12,14-16H2,1-2H3,(H,27,32). The topological polar surface area (TPSA) is 88.2 Å². The Balaban J connectivity index is 1.36. The number of anilines is 2. The molecule has 1 aliphatic carbocycles. The molecule has 0 aromatic heterocycles. The Labute approximate surface area is 198 Å². The lowest BCUT2D eigenvalue weighted by Gasteiger charge is -2.49. The Kier molecular flexibility index (Phi) is 5.67. The van der Waals surface area contributed by atoms with Crippen LogP contribution in [-0.4, -0.2) is 55.5 Å². The number of ether oxygens (including phenoxy) is 2. The maximum atomic E-state index is 13.4. The Bertz CT molecular complexity index is 1120. The number of methoxy groups -OCH3 is 2. The van der Waals surface area contributed by atoms with Crippen molar-refractivity contribution in [2.75, 3.05) is 37.5 Å². The second-order valence-electron chi connectivity index (χ2n) is 9.31. The number of nitrogens with zero attached hydrogens (tertiary/aromatic N) is 2. The van der Waals surface area contributed by atoms with E-state index < -0.39 is 11.5 Å². The molecule has 2 aliphatic heterocycles. The molecule has 3 aliphatic rings. The summed E-state index contributed by atoms with van der Waals surface area (Å²) in [4.78, 5) is 43.0. The van der Waals surface area contributed by atoms with E-state index in [4.69, 9.17) is 9.47 Å². The molecule has 1 unspecified atom stereocenters. The Morgan fingerprint density at radius 2 is 1.71 bits per heavy atom. The molecular weight excluding hydrogens is 434 g/mol. The molecule has 8 nitrogen and oxygen atoms in total. The third-order valence-corrected chi connectivity index (χ3v) is 7.34. The van der Waals surface area contributed by atoms with Crippen LogP contribution in [-0.2, 0) is 14.4 Å². The molecule has 2 aromatic rings. The second-order valence-corrected chi connectivity index (χ2v) is 9.31. The first-order chi connectivity index (χ1) is 16.4. The molecule has 0 bridgehead atoms. The molecule has 2 aromatic carbocycles. The number of hydrogen-bond acceptors (Lipinski definition) is 5. The van der Waals surface area contributed by atoms with Crippen LogP contribution in [0, 0.1) is 0 Å². The average Bonchev–Trinajstić information content (AvgIpc) is 3.42. The van der Waals surface area contributed by atoms with Crippen LogP contribution >= 0.6 is 0 Å². The van der Waals surface area contributed by atoms with E-state index in [0.29, 0.717) is 18.0 Å². The van der Waals surface area contributed by atoms with Gasteiger partial charge >= 0.3 is 0 Å². The zero-order valence-corrected chi connectivity index (χ0v) is 19.5. The van der Waals surface area contributed by atoms with Gasteiger partial charge in [-0.1, -0.05) is 18.9 Å². The van der Waals surface area contributed by atoms with Gasteiger partial charge in [-0.2, -0.15) is 0 Å². The van der Waals surface area contributed by atoms with Crippen molar-refractivity contribution in [3.63, 3.8) is 0 Å². The van der Waals surface area contributed by atoms with Gasteiger partial charge in [-0.05, 0) is 48.7 Å². The number of amides is 3. The van der Waals surface area contributed by atoms with Gasteiger partial charge in [0.1, 0.15) is 18.0 Å². The highest BCUT2D eigenvalue weighted by Crippen LogP contribution is 2.42. The lowest BCUT2D eigenvalue weighted by molar-refractivity contribution is -0.140. The Hall–Kier alpha value is -3.55. The molecule has 3 amide bonds. The van der Waals surface area contributed by atoms with Gasteiger partial charge < -0.3 is 24.6 Å². The second kappa shape index (κ2) is 8.66. The summed E-state index contributed by atoms with van der Waals surface area (Å²) in [6.07, 6.45) is 3.77. The summed E-state index contributed by atoms with van der Waals surface area (Å²) in [7, 11) is 3.18. The fourth-order valence-electron chi connectivity index (χ4n) is 5.66. The Morgan fingerprint density at radius 1 is 1.03 bits per heavy atom. The zero-order chi connectivity index (χ0) is 23.9. The van der Waals surface area contributed by atoms with Crippen molar-refractivity contribution in [1.29, 1.82) is 0 Å². The summed E-state index contributed by atoms with van der Waals surface area (Å²) in [6.45, 7) is 0.490. The van der Waals surface area contributed by atoms with E-state index in [1.807, 2.05) is 35.2 Å². The zero-order valence-electron chi connectivity index (χ0n) is 19.5. The van der Waals surface area contributed by atoms with Gasteiger partial charge in [0.2, 0.25) is 17.7 Å². The lowest BCUT2D eigenvalue weighted by Crippen LogP contribution is -2.65. The summed E-state index contributed by atoms with van der Waals surface area (Å²) in [6, 6.07) is 12.9. The molecule has 1 N–H and O–H groups in total. The molecule has 2 fully saturated rings. The van der Waals surface area contributed by atoms with E-state index in [0.717, 1.165) is 42.7 Å². The van der Waals surface area contributed by atoms with Crippen LogP contribution < -0.4 is 19.7 Å². The number of fused-ring (bicyclic) bond motifs is 1. The highest BCUT2D eigenvalue weighted by atomic mass is 16.5. The minimum absolute atomic E-state index is 0.0103. The first kappa shape index (κ1) is 22.3. The van der Waals surface area contributed by atoms with Crippen LogP contribution in [0.15, 0.2) is 42.5 Å². The first-order valence-electron chi connectivity index (χ1n) is 11.7. The molecule has 1 atom stereocenters. The van der Waals surface area contributed by atoms with Crippen molar-refractivity contribution in [2.45, 2.75) is 43.6 Å². The van der Waals surface area contributed by atoms with E-state index in [9.17, 15) is 14.4 Å². The van der Waals surface area contributed by atoms with E-state index in [-0.39, 0.29) is 30.7 Å². The molecule has 1 saturated heterocycles. The van der Waals surface area contributed by atoms with Crippen molar-refractivity contribution in [3.8, 4) is 11.5 Å². The highest BCUT2D eigenvalue weighted by molar-refractivity contribution is 6.06. The number of carbonyl (C=O) groups excluding carboxylic acids is 3. The molecular formula is C26H29N3O5. The van der Waals surface area contributed by atoms with Gasteiger partial charge in [-0.3, -0.25) is 14.4 Å². The number of carbonyl (C=O) groups is 3. The van der Waals surface area contributed by atoms with Crippen LogP contribution in [0.2, 0.25) is 0 Å². The van der Waals surface area contributed by atoms with Crippen molar-refractivity contribution < 1.29 is 23.9 Å². The summed E-state index contributed by atoms with van der Waals surface area (Å²) in [5.41, 5.74) is 1.88. The maximum Gasteiger partial charge on any atom is 0.247 e. The first-order valence-corrected chi connectivity index (χ1v) is 11.7. The minimum atomic E-state index is -0.567. The van der Waals surface area contributed by atoms with Gasteiger partial charge in [-0.25, -0.2) is 0 Å². The number of piperazine rings is 1. The summed E-state index contributed by atoms with van der Waals surface area (Å²) < 4.78 is 10.5. The fraction of sp³-hybridized carbons (Fsp3) is 0.423. The molecule has 5 rings (SSSR count). The van der Waals surface area contributed by atoms with Gasteiger partial charge in [-0.15, -0.1) is 0 Å². The van der Waals surface area contributed by atoms with Crippen LogP contribution in [0.4, 0.5) is 11.4 Å². The monoisotopic (exact) mass is 463 g/mol. The summed E-state index contributed by atoms with van der Waals surface area (Å²) >= 11 is 0. The highest BCUT2D eigenvalue weighted by Gasteiger charge is 2.49. The van der Waals surface area contributed by atoms with Gasteiger partial charge in [0.25, 0.3) is 0 Å². The van der Waals surface area contributed by atoms with E-state index in [2.05, 4.69) is 5.32 Å². The predicted octanol–water partition coefficient (Wildman–Crippen LogP) is 3.32. The van der Waals surface area contributed by atoms with Crippen LogP contribution in [0.1, 0.15) is 43.6 Å². The smallest absolute Gasteiger partial charge is 0.247 e. The Morgan fingerprint density at radius 3 is 2.38 bits per heavy atom. The molecule has 34 heavy (non-hydrogen) atoms. The number of benzene rings is 2. The predicted molar refractivity (Wildman–Crippen MR) is 127 cm³/mol. The van der Waals surface area contributed by atoms with E-state index in [1.54, 1.807) is 31.3 Å². The van der Waals surface area contributed by atoms with Gasteiger partial charge in [0.15, 0.2) is 0 Å². The van der Waals surface area contributed by atoms with Crippen LogP contribution in [0.25, 0.3) is 0 Å². The third kappa shape index (κ3) is 3.77. The largest absolute Gasteiger partial charge is 0.497 e. The van der Waals surface area contributed by atoms with Crippen LogP contribution in [0.5, 0.6) is 11.5 Å². The molecule has 0 radical (unpaired) electrons. The van der Waals surface area contributed by atoms with E-state index >= 15 is 0 Å². The van der Waals surface area contributed by atoms with Gasteiger partial charge in [0.05, 0.1) is 25.7 Å². The molecule has 2 heterocycles. The van der Waals surface area contributed by atoms with Crippen molar-refractivity contribution >= 4 is 29.1 Å². The van der Waals surface area contributed by atoms with Crippen molar-refractivity contribution in [3.05, 3.63) is 48.0 Å². The van der Waals surface area contributed by atoms with E-state index in [1.165, 1.54) is 0 Å². The quantitative estimate of drug-likeness (QED) is 0.735. The van der Waals surface area contributed by atoms with Crippen molar-refractivity contribution in [1.82, 2.24) is 4.90 Å². The number of hydrogen-bond donors (Lipinski definition) is 1. The lowest BCUT2D eigenvalue weighted by atomic mass is 9.89. The maximum absolute atomic E-state index is 13.4. The molecule has 8 heteroatoms. The average molecular weight is 464 g/mol.